The Balaban J connectivity index is 0.00000169. The highest BCUT2D eigenvalue weighted by Gasteiger charge is 2.20. The lowest BCUT2D eigenvalue weighted by Gasteiger charge is -2.29. The van der Waals surface area contributed by atoms with Crippen LogP contribution >= 0.6 is 24.8 Å². The average molecular weight is 399 g/mol. The van der Waals surface area contributed by atoms with Crippen molar-refractivity contribution < 1.29 is 9.53 Å². The maximum atomic E-state index is 12.6. The molecule has 8 heteroatoms. The number of anilines is 1. The lowest BCUT2D eigenvalue weighted by molar-refractivity contribution is 0.0949. The quantitative estimate of drug-likeness (QED) is 0.806. The molecule has 0 radical (unpaired) electrons. The summed E-state index contributed by atoms with van der Waals surface area (Å²) in [6.07, 6.45) is 1.71. The number of morpholine rings is 1. The summed E-state index contributed by atoms with van der Waals surface area (Å²) in [7, 11) is 0. The number of hydrogen-bond acceptors (Lipinski definition) is 5. The second-order valence-corrected chi connectivity index (χ2v) is 5.70. The smallest absolute Gasteiger partial charge is 0.255 e. The summed E-state index contributed by atoms with van der Waals surface area (Å²) >= 11 is 0. The highest BCUT2D eigenvalue weighted by Crippen LogP contribution is 2.18. The molecule has 2 aromatic rings. The van der Waals surface area contributed by atoms with E-state index in [1.54, 1.807) is 18.3 Å². The van der Waals surface area contributed by atoms with Gasteiger partial charge in [0, 0.05) is 31.9 Å². The van der Waals surface area contributed by atoms with E-state index in [1.165, 1.54) is 0 Å². The number of pyridine rings is 1. The average Bonchev–Trinajstić information content (AvgIpc) is 2.67. The van der Waals surface area contributed by atoms with Crippen molar-refractivity contribution in [3.63, 3.8) is 0 Å². The van der Waals surface area contributed by atoms with Crippen LogP contribution < -0.4 is 16.0 Å². The minimum Gasteiger partial charge on any atom is -0.378 e. The molecular formula is C18H24Cl2N4O2. The van der Waals surface area contributed by atoms with Gasteiger partial charge in [-0.3, -0.25) is 4.79 Å². The molecule has 1 aliphatic heterocycles. The third-order valence-electron chi connectivity index (χ3n) is 4.05. The summed E-state index contributed by atoms with van der Waals surface area (Å²) in [5.41, 5.74) is 7.71. The van der Waals surface area contributed by atoms with Crippen LogP contribution in [0.1, 0.15) is 22.0 Å². The molecule has 142 valence electrons. The van der Waals surface area contributed by atoms with Crippen LogP contribution in [-0.4, -0.2) is 43.7 Å². The first kappa shape index (κ1) is 22.2. The molecule has 1 saturated heterocycles. The SMILES string of the molecule is Cl.Cl.NC(CNC(=O)c1cccnc1N1CCOCC1)c1ccccc1. The van der Waals surface area contributed by atoms with Crippen LogP contribution in [0, 0.1) is 0 Å². The van der Waals surface area contributed by atoms with E-state index in [0.29, 0.717) is 31.1 Å². The predicted octanol–water partition coefficient (Wildman–Crippen LogP) is 2.19. The van der Waals surface area contributed by atoms with Crippen molar-refractivity contribution in [1.82, 2.24) is 10.3 Å². The Morgan fingerprint density at radius 2 is 1.85 bits per heavy atom. The minimum atomic E-state index is -0.237. The predicted molar refractivity (Wildman–Crippen MR) is 107 cm³/mol. The fourth-order valence-corrected chi connectivity index (χ4v) is 2.72. The van der Waals surface area contributed by atoms with E-state index >= 15 is 0 Å². The molecule has 1 aromatic heterocycles. The van der Waals surface area contributed by atoms with Crippen LogP contribution in [0.15, 0.2) is 48.7 Å². The van der Waals surface area contributed by atoms with E-state index in [2.05, 4.69) is 15.2 Å². The summed E-state index contributed by atoms with van der Waals surface area (Å²) in [6.45, 7) is 3.15. The Morgan fingerprint density at radius 1 is 1.15 bits per heavy atom. The van der Waals surface area contributed by atoms with Gasteiger partial charge in [0.15, 0.2) is 0 Å². The number of rotatable bonds is 5. The Hall–Kier alpha value is -1.86. The number of halogens is 2. The van der Waals surface area contributed by atoms with Crippen molar-refractivity contribution in [2.24, 2.45) is 5.73 Å². The number of aromatic nitrogens is 1. The first-order valence-electron chi connectivity index (χ1n) is 8.12. The summed E-state index contributed by atoms with van der Waals surface area (Å²) in [5.74, 6) is 0.544. The largest absolute Gasteiger partial charge is 0.378 e. The van der Waals surface area contributed by atoms with Gasteiger partial charge in [0.2, 0.25) is 0 Å². The van der Waals surface area contributed by atoms with Crippen LogP contribution in [0.25, 0.3) is 0 Å². The second-order valence-electron chi connectivity index (χ2n) is 5.70. The summed E-state index contributed by atoms with van der Waals surface area (Å²) < 4.78 is 5.36. The van der Waals surface area contributed by atoms with E-state index in [4.69, 9.17) is 10.5 Å². The van der Waals surface area contributed by atoms with Gasteiger partial charge in [-0.25, -0.2) is 4.98 Å². The van der Waals surface area contributed by atoms with Gasteiger partial charge in [-0.15, -0.1) is 24.8 Å². The number of nitrogens with one attached hydrogen (secondary N) is 1. The van der Waals surface area contributed by atoms with E-state index < -0.39 is 0 Å². The number of ether oxygens (including phenoxy) is 1. The number of hydrogen-bond donors (Lipinski definition) is 2. The molecule has 1 unspecified atom stereocenters. The molecule has 3 rings (SSSR count). The first-order chi connectivity index (χ1) is 11.8. The Labute approximate surface area is 165 Å². The maximum Gasteiger partial charge on any atom is 0.255 e. The van der Waals surface area contributed by atoms with Gasteiger partial charge in [-0.2, -0.15) is 0 Å². The molecule has 0 saturated carbocycles. The van der Waals surface area contributed by atoms with Crippen molar-refractivity contribution in [1.29, 1.82) is 0 Å². The topological polar surface area (TPSA) is 80.5 Å². The van der Waals surface area contributed by atoms with Gasteiger partial charge in [0.25, 0.3) is 5.91 Å². The van der Waals surface area contributed by atoms with Gasteiger partial charge in [-0.1, -0.05) is 30.3 Å². The van der Waals surface area contributed by atoms with Crippen molar-refractivity contribution in [2.75, 3.05) is 37.7 Å². The molecule has 1 atom stereocenters. The molecular weight excluding hydrogens is 375 g/mol. The lowest BCUT2D eigenvalue weighted by atomic mass is 10.1. The van der Waals surface area contributed by atoms with Crippen molar-refractivity contribution >= 4 is 36.5 Å². The monoisotopic (exact) mass is 398 g/mol. The molecule has 3 N–H and O–H groups in total. The fourth-order valence-electron chi connectivity index (χ4n) is 2.72. The molecule has 26 heavy (non-hydrogen) atoms. The molecule has 1 aromatic carbocycles. The highest BCUT2D eigenvalue weighted by molar-refractivity contribution is 5.98. The molecule has 1 aliphatic rings. The van der Waals surface area contributed by atoms with Gasteiger partial charge < -0.3 is 20.7 Å². The zero-order valence-electron chi connectivity index (χ0n) is 14.3. The van der Waals surface area contributed by atoms with Crippen LogP contribution in [-0.2, 0) is 4.74 Å². The van der Waals surface area contributed by atoms with Crippen molar-refractivity contribution in [3.05, 3.63) is 59.8 Å². The van der Waals surface area contributed by atoms with Crippen molar-refractivity contribution in [2.45, 2.75) is 6.04 Å². The van der Waals surface area contributed by atoms with Crippen molar-refractivity contribution in [3.8, 4) is 0 Å². The molecule has 2 heterocycles. The summed E-state index contributed by atoms with van der Waals surface area (Å²) in [4.78, 5) is 19.0. The van der Waals surface area contributed by atoms with Crippen LogP contribution in [0.5, 0.6) is 0 Å². The number of nitrogens with two attached hydrogens (primary N) is 1. The molecule has 1 amide bonds. The van der Waals surface area contributed by atoms with Gasteiger partial charge in [-0.05, 0) is 17.7 Å². The second kappa shape index (κ2) is 11.0. The molecule has 6 nitrogen and oxygen atoms in total. The minimum absolute atomic E-state index is 0. The third-order valence-corrected chi connectivity index (χ3v) is 4.05. The summed E-state index contributed by atoms with van der Waals surface area (Å²) in [6, 6.07) is 13.1. The number of nitrogens with zero attached hydrogens (tertiary/aromatic N) is 2. The van der Waals surface area contributed by atoms with Crippen LogP contribution in [0.4, 0.5) is 5.82 Å². The Morgan fingerprint density at radius 3 is 2.54 bits per heavy atom. The van der Waals surface area contributed by atoms with Gasteiger partial charge in [0.05, 0.1) is 18.8 Å². The van der Waals surface area contributed by atoms with E-state index in [-0.39, 0.29) is 36.8 Å². The molecule has 0 spiro atoms. The van der Waals surface area contributed by atoms with Crippen LogP contribution in [0.2, 0.25) is 0 Å². The summed E-state index contributed by atoms with van der Waals surface area (Å²) in [5, 5.41) is 2.91. The first-order valence-corrected chi connectivity index (χ1v) is 8.12. The number of benzene rings is 1. The maximum absolute atomic E-state index is 12.6. The molecule has 0 aliphatic carbocycles. The van der Waals surface area contributed by atoms with E-state index in [1.807, 2.05) is 30.3 Å². The number of amides is 1. The van der Waals surface area contributed by atoms with Gasteiger partial charge >= 0.3 is 0 Å². The fraction of sp³-hybridized carbons (Fsp3) is 0.333. The third kappa shape index (κ3) is 5.57. The van der Waals surface area contributed by atoms with E-state index in [9.17, 15) is 4.79 Å². The normalized spacial score (nSPS) is 14.6. The van der Waals surface area contributed by atoms with Gasteiger partial charge in [0.1, 0.15) is 5.82 Å². The zero-order valence-corrected chi connectivity index (χ0v) is 16.0. The Kier molecular flexibility index (Phi) is 9.37. The Bertz CT molecular complexity index is 682. The molecule has 0 bridgehead atoms. The highest BCUT2D eigenvalue weighted by atomic mass is 35.5. The standard InChI is InChI=1S/C18H22N4O2.2ClH/c19-16(14-5-2-1-3-6-14)13-21-18(23)15-7-4-8-20-17(15)22-9-11-24-12-10-22;;/h1-8,16H,9-13,19H2,(H,21,23);2*1H. The van der Waals surface area contributed by atoms with E-state index in [0.717, 1.165) is 18.7 Å². The molecule has 1 fully saturated rings. The number of carbonyl (C=O) groups excluding carboxylic acids is 1. The van der Waals surface area contributed by atoms with Crippen LogP contribution in [0.3, 0.4) is 0 Å². The number of carbonyl (C=O) groups is 1. The zero-order chi connectivity index (χ0) is 16.8. The lowest BCUT2D eigenvalue weighted by Crippen LogP contribution is -2.39.